The van der Waals surface area contributed by atoms with Crippen LogP contribution in [-0.4, -0.2) is 41.8 Å². The van der Waals surface area contributed by atoms with E-state index in [1.807, 2.05) is 11.8 Å². The van der Waals surface area contributed by atoms with Crippen molar-refractivity contribution in [3.05, 3.63) is 33.9 Å². The number of fused-ring (bicyclic) bond motifs is 1. The fraction of sp³-hybridized carbons (Fsp3) is 0.375. The number of carboxylic acid groups (broad SMARTS) is 1. The van der Waals surface area contributed by atoms with Crippen LogP contribution >= 0.6 is 0 Å². The van der Waals surface area contributed by atoms with Crippen LogP contribution in [0.4, 0.5) is 15.8 Å². The number of aromatic carboxylic acids is 1. The molecular weight excluding hydrogens is 315 g/mol. The van der Waals surface area contributed by atoms with Gasteiger partial charge in [0.25, 0.3) is 0 Å². The molecule has 8 heteroatoms. The molecular formula is C16H19FN4O3. The van der Waals surface area contributed by atoms with Crippen LogP contribution in [0.1, 0.15) is 17.3 Å². The average molecular weight is 334 g/mol. The molecule has 24 heavy (non-hydrogen) atoms. The van der Waals surface area contributed by atoms with E-state index in [0.29, 0.717) is 25.2 Å². The van der Waals surface area contributed by atoms with Gasteiger partial charge in [0.2, 0.25) is 5.43 Å². The summed E-state index contributed by atoms with van der Waals surface area (Å²) in [5.74, 6) is -1.95. The number of nitrogens with zero attached hydrogens (tertiary/aromatic N) is 2. The first-order chi connectivity index (χ1) is 11.5. The highest BCUT2D eigenvalue weighted by atomic mass is 19.1. The van der Waals surface area contributed by atoms with Gasteiger partial charge in [0, 0.05) is 38.9 Å². The van der Waals surface area contributed by atoms with Crippen LogP contribution in [0.25, 0.3) is 10.9 Å². The van der Waals surface area contributed by atoms with Gasteiger partial charge in [-0.3, -0.25) is 4.79 Å². The van der Waals surface area contributed by atoms with E-state index in [1.165, 1.54) is 6.20 Å². The molecule has 1 saturated heterocycles. The number of aryl methyl sites for hydroxylation is 1. The van der Waals surface area contributed by atoms with Crippen LogP contribution in [0.5, 0.6) is 0 Å². The van der Waals surface area contributed by atoms with Gasteiger partial charge in [-0.05, 0) is 13.0 Å². The van der Waals surface area contributed by atoms with Crippen molar-refractivity contribution in [2.45, 2.75) is 13.5 Å². The summed E-state index contributed by atoms with van der Waals surface area (Å²) in [7, 11) is 0. The highest BCUT2D eigenvalue weighted by Crippen LogP contribution is 2.34. The number of carbonyl (C=O) groups is 1. The minimum absolute atomic E-state index is 0.00867. The number of nitrogen functional groups attached to an aromatic ring is 1. The lowest BCUT2D eigenvalue weighted by Crippen LogP contribution is -2.44. The molecule has 1 aromatic heterocycles. The van der Waals surface area contributed by atoms with E-state index >= 15 is 0 Å². The number of halogens is 1. The monoisotopic (exact) mass is 334 g/mol. The molecule has 7 nitrogen and oxygen atoms in total. The second kappa shape index (κ2) is 6.12. The molecule has 0 radical (unpaired) electrons. The maximum absolute atomic E-state index is 14.7. The summed E-state index contributed by atoms with van der Waals surface area (Å²) in [6, 6.07) is 1.10. The van der Waals surface area contributed by atoms with Gasteiger partial charge in [0.1, 0.15) is 11.4 Å². The summed E-state index contributed by atoms with van der Waals surface area (Å²) in [5.41, 5.74) is 5.92. The number of nitrogens with two attached hydrogens (primary N) is 1. The largest absolute Gasteiger partial charge is 0.477 e. The molecule has 0 spiro atoms. The number of aromatic nitrogens is 1. The summed E-state index contributed by atoms with van der Waals surface area (Å²) in [6.07, 6.45) is 1.27. The van der Waals surface area contributed by atoms with Crippen molar-refractivity contribution >= 4 is 28.2 Å². The van der Waals surface area contributed by atoms with Gasteiger partial charge in [0.05, 0.1) is 22.3 Å². The second-order valence-electron chi connectivity index (χ2n) is 5.72. The molecule has 0 atom stereocenters. The molecule has 1 fully saturated rings. The van der Waals surface area contributed by atoms with Crippen molar-refractivity contribution in [2.75, 3.05) is 36.8 Å². The zero-order chi connectivity index (χ0) is 17.4. The van der Waals surface area contributed by atoms with E-state index in [2.05, 4.69) is 5.32 Å². The summed E-state index contributed by atoms with van der Waals surface area (Å²) in [6.45, 7) is 4.87. The molecule has 3 rings (SSSR count). The summed E-state index contributed by atoms with van der Waals surface area (Å²) in [4.78, 5) is 25.5. The molecule has 2 aromatic rings. The second-order valence-corrected chi connectivity index (χ2v) is 5.72. The number of hydrogen-bond donors (Lipinski definition) is 3. The highest BCUT2D eigenvalue weighted by molar-refractivity contribution is 6.00. The molecule has 0 amide bonds. The molecule has 0 saturated carbocycles. The minimum Gasteiger partial charge on any atom is -0.477 e. The zero-order valence-electron chi connectivity index (χ0n) is 13.3. The first kappa shape index (κ1) is 16.3. The molecule has 1 aliphatic heterocycles. The maximum atomic E-state index is 14.7. The molecule has 1 aromatic carbocycles. The Bertz CT molecular complexity index is 872. The molecule has 0 aliphatic carbocycles. The third-order valence-corrected chi connectivity index (χ3v) is 4.33. The Balaban J connectivity index is 2.34. The van der Waals surface area contributed by atoms with Crippen molar-refractivity contribution in [2.24, 2.45) is 0 Å². The lowest BCUT2D eigenvalue weighted by Gasteiger charge is -2.31. The van der Waals surface area contributed by atoms with Crippen LogP contribution in [0.3, 0.4) is 0 Å². The molecule has 2 heterocycles. The van der Waals surface area contributed by atoms with E-state index in [-0.39, 0.29) is 16.8 Å². The predicted octanol–water partition coefficient (Wildman–Crippen LogP) is 0.851. The van der Waals surface area contributed by atoms with Crippen molar-refractivity contribution in [1.82, 2.24) is 9.88 Å². The lowest BCUT2D eigenvalue weighted by atomic mass is 10.1. The fourth-order valence-electron chi connectivity index (χ4n) is 3.17. The number of pyridine rings is 1. The van der Waals surface area contributed by atoms with Crippen molar-refractivity contribution in [3.63, 3.8) is 0 Å². The maximum Gasteiger partial charge on any atom is 0.341 e. The highest BCUT2D eigenvalue weighted by Gasteiger charge is 2.23. The quantitative estimate of drug-likeness (QED) is 0.720. The Morgan fingerprint density at radius 1 is 1.42 bits per heavy atom. The third-order valence-electron chi connectivity index (χ3n) is 4.33. The normalized spacial score (nSPS) is 15.0. The molecule has 1 aliphatic rings. The smallest absolute Gasteiger partial charge is 0.341 e. The number of rotatable bonds is 3. The fourth-order valence-corrected chi connectivity index (χ4v) is 3.17. The predicted molar refractivity (Wildman–Crippen MR) is 90.3 cm³/mol. The van der Waals surface area contributed by atoms with Gasteiger partial charge in [-0.1, -0.05) is 0 Å². The number of benzene rings is 1. The Morgan fingerprint density at radius 3 is 2.67 bits per heavy atom. The van der Waals surface area contributed by atoms with Gasteiger partial charge < -0.3 is 25.6 Å². The topological polar surface area (TPSA) is 101 Å². The number of anilines is 2. The molecule has 128 valence electrons. The summed E-state index contributed by atoms with van der Waals surface area (Å²) >= 11 is 0. The minimum atomic E-state index is -1.34. The van der Waals surface area contributed by atoms with E-state index in [1.54, 1.807) is 4.57 Å². The lowest BCUT2D eigenvalue weighted by molar-refractivity contribution is 0.0695. The molecule has 0 bridgehead atoms. The Kier molecular flexibility index (Phi) is 4.15. The van der Waals surface area contributed by atoms with Crippen LogP contribution in [0, 0.1) is 5.82 Å². The standard InChI is InChI=1S/C16H19FN4O3/c1-2-20-8-10(16(23)24)15(22)9-7-11(17)14(12(18)13(9)20)21-5-3-19-4-6-21/h7-8,19H,2-6,18H2,1H3,(H,23,24). The van der Waals surface area contributed by atoms with Gasteiger partial charge >= 0.3 is 5.97 Å². The van der Waals surface area contributed by atoms with Gasteiger partial charge in [0.15, 0.2) is 0 Å². The number of carboxylic acids is 1. The molecule has 0 unspecified atom stereocenters. The molecule has 4 N–H and O–H groups in total. The van der Waals surface area contributed by atoms with Gasteiger partial charge in [-0.25, -0.2) is 9.18 Å². The van der Waals surface area contributed by atoms with Crippen LogP contribution in [-0.2, 0) is 6.54 Å². The van der Waals surface area contributed by atoms with Gasteiger partial charge in [-0.2, -0.15) is 0 Å². The van der Waals surface area contributed by atoms with E-state index in [0.717, 1.165) is 19.2 Å². The zero-order valence-corrected chi connectivity index (χ0v) is 13.3. The third kappa shape index (κ3) is 2.48. The van der Waals surface area contributed by atoms with E-state index < -0.39 is 22.8 Å². The van der Waals surface area contributed by atoms with E-state index in [9.17, 15) is 19.1 Å². The Hall–Kier alpha value is -2.61. The number of hydrogen-bond acceptors (Lipinski definition) is 5. The number of piperazine rings is 1. The van der Waals surface area contributed by atoms with Crippen molar-refractivity contribution < 1.29 is 14.3 Å². The van der Waals surface area contributed by atoms with Crippen molar-refractivity contribution in [1.29, 1.82) is 0 Å². The Morgan fingerprint density at radius 2 is 2.08 bits per heavy atom. The summed E-state index contributed by atoms with van der Waals surface area (Å²) < 4.78 is 16.3. The average Bonchev–Trinajstić information content (AvgIpc) is 2.56. The first-order valence-corrected chi connectivity index (χ1v) is 7.79. The summed E-state index contributed by atoms with van der Waals surface area (Å²) in [5, 5.41) is 12.4. The van der Waals surface area contributed by atoms with E-state index in [4.69, 9.17) is 5.73 Å². The van der Waals surface area contributed by atoms with Crippen LogP contribution in [0.2, 0.25) is 0 Å². The first-order valence-electron chi connectivity index (χ1n) is 7.79. The van der Waals surface area contributed by atoms with Gasteiger partial charge in [-0.15, -0.1) is 0 Å². The SMILES string of the molecule is CCn1cc(C(=O)O)c(=O)c2cc(F)c(N3CCNCC3)c(N)c21. The number of nitrogens with one attached hydrogen (secondary N) is 1. The van der Waals surface area contributed by atoms with Crippen LogP contribution < -0.4 is 21.4 Å². The van der Waals surface area contributed by atoms with Crippen molar-refractivity contribution in [3.8, 4) is 0 Å². The Labute approximate surface area is 137 Å². The van der Waals surface area contributed by atoms with Crippen LogP contribution in [0.15, 0.2) is 17.1 Å².